The van der Waals surface area contributed by atoms with E-state index < -0.39 is 0 Å². The van der Waals surface area contributed by atoms with Crippen LogP contribution in [0, 0.1) is 5.92 Å². The van der Waals surface area contributed by atoms with Gasteiger partial charge in [-0.3, -0.25) is 4.90 Å². The summed E-state index contributed by atoms with van der Waals surface area (Å²) < 4.78 is 5.55. The molecule has 0 aromatic carbocycles. The van der Waals surface area contributed by atoms with Crippen molar-refractivity contribution < 1.29 is 4.74 Å². The highest BCUT2D eigenvalue weighted by Crippen LogP contribution is 2.32. The second kappa shape index (κ2) is 8.35. The van der Waals surface area contributed by atoms with Crippen molar-refractivity contribution in [3.8, 4) is 0 Å². The summed E-state index contributed by atoms with van der Waals surface area (Å²) in [5.41, 5.74) is 6.03. The Morgan fingerprint density at radius 1 is 1.15 bits per heavy atom. The van der Waals surface area contributed by atoms with Crippen LogP contribution in [0.25, 0.3) is 0 Å². The lowest BCUT2D eigenvalue weighted by Crippen LogP contribution is -2.52. The number of methoxy groups -OCH3 is 1. The molecule has 2 rings (SSSR count). The molecule has 2 fully saturated rings. The quantitative estimate of drug-likeness (QED) is 0.787. The van der Waals surface area contributed by atoms with Crippen molar-refractivity contribution in [2.75, 3.05) is 20.2 Å². The van der Waals surface area contributed by atoms with Gasteiger partial charge in [0.05, 0.1) is 6.10 Å². The van der Waals surface area contributed by atoms with Crippen molar-refractivity contribution >= 4 is 0 Å². The molecule has 1 saturated heterocycles. The molecule has 3 heteroatoms. The predicted molar refractivity (Wildman–Crippen MR) is 84.9 cm³/mol. The Labute approximate surface area is 125 Å². The average molecular weight is 282 g/mol. The zero-order chi connectivity index (χ0) is 14.4. The van der Waals surface area contributed by atoms with Crippen LogP contribution in [0.4, 0.5) is 0 Å². The zero-order valence-electron chi connectivity index (χ0n) is 13.5. The normalized spacial score (nSPS) is 36.8. The van der Waals surface area contributed by atoms with E-state index in [0.717, 1.165) is 24.9 Å². The van der Waals surface area contributed by atoms with E-state index in [-0.39, 0.29) is 0 Å². The Kier molecular flexibility index (Phi) is 6.79. The Balaban J connectivity index is 1.89. The van der Waals surface area contributed by atoms with Crippen LogP contribution < -0.4 is 5.73 Å². The third kappa shape index (κ3) is 4.19. The van der Waals surface area contributed by atoms with Gasteiger partial charge in [-0.15, -0.1) is 0 Å². The van der Waals surface area contributed by atoms with Gasteiger partial charge in [-0.1, -0.05) is 32.6 Å². The molecule has 1 heterocycles. The van der Waals surface area contributed by atoms with Crippen molar-refractivity contribution in [2.24, 2.45) is 11.7 Å². The number of nitrogens with zero attached hydrogens (tertiary/aromatic N) is 1. The van der Waals surface area contributed by atoms with Gasteiger partial charge in [0.15, 0.2) is 0 Å². The fraction of sp³-hybridized carbons (Fsp3) is 1.00. The molecule has 2 N–H and O–H groups in total. The van der Waals surface area contributed by atoms with Gasteiger partial charge in [-0.2, -0.15) is 0 Å². The molecule has 0 bridgehead atoms. The maximum Gasteiger partial charge on any atom is 0.0599 e. The minimum atomic E-state index is 0.429. The van der Waals surface area contributed by atoms with E-state index in [4.69, 9.17) is 10.5 Å². The van der Waals surface area contributed by atoms with Gasteiger partial charge in [0.2, 0.25) is 0 Å². The first-order chi connectivity index (χ1) is 9.78. The van der Waals surface area contributed by atoms with Crippen LogP contribution in [0.1, 0.15) is 64.7 Å². The molecule has 1 aliphatic heterocycles. The van der Waals surface area contributed by atoms with Crippen molar-refractivity contribution in [3.05, 3.63) is 0 Å². The lowest BCUT2D eigenvalue weighted by molar-refractivity contribution is -0.00706. The van der Waals surface area contributed by atoms with Crippen molar-refractivity contribution in [1.29, 1.82) is 0 Å². The molecule has 2 aliphatic rings. The Bertz CT molecular complexity index is 272. The number of hydrogen-bond acceptors (Lipinski definition) is 3. The Hall–Kier alpha value is -0.120. The summed E-state index contributed by atoms with van der Waals surface area (Å²) in [6.07, 6.45) is 12.6. The number of hydrogen-bond donors (Lipinski definition) is 1. The summed E-state index contributed by atoms with van der Waals surface area (Å²) in [5.74, 6) is 0.984. The van der Waals surface area contributed by atoms with Gasteiger partial charge in [0.1, 0.15) is 0 Å². The first-order valence-corrected chi connectivity index (χ1v) is 8.77. The summed E-state index contributed by atoms with van der Waals surface area (Å²) in [4.78, 5) is 2.73. The van der Waals surface area contributed by atoms with Crippen LogP contribution in [-0.2, 0) is 4.74 Å². The Morgan fingerprint density at radius 3 is 2.70 bits per heavy atom. The van der Waals surface area contributed by atoms with Crippen LogP contribution in [-0.4, -0.2) is 43.3 Å². The van der Waals surface area contributed by atoms with Crippen LogP contribution >= 0.6 is 0 Å². The van der Waals surface area contributed by atoms with Crippen LogP contribution in [0.15, 0.2) is 0 Å². The fourth-order valence-electron chi connectivity index (χ4n) is 4.35. The highest BCUT2D eigenvalue weighted by atomic mass is 16.5. The third-order valence-electron chi connectivity index (χ3n) is 5.54. The summed E-state index contributed by atoms with van der Waals surface area (Å²) in [6, 6.07) is 1.32. The fourth-order valence-corrected chi connectivity index (χ4v) is 4.35. The number of ether oxygens (including phenoxy) is 1. The highest BCUT2D eigenvalue weighted by molar-refractivity contribution is 4.88. The summed E-state index contributed by atoms with van der Waals surface area (Å²) in [6.45, 7) is 4.29. The molecule has 0 aromatic heterocycles. The summed E-state index contributed by atoms with van der Waals surface area (Å²) in [7, 11) is 1.84. The molecule has 118 valence electrons. The second-order valence-corrected chi connectivity index (χ2v) is 6.83. The van der Waals surface area contributed by atoms with Crippen molar-refractivity contribution in [1.82, 2.24) is 4.90 Å². The average Bonchev–Trinajstić information content (AvgIpc) is 2.72. The minimum absolute atomic E-state index is 0.429. The number of piperidine rings is 1. The van der Waals surface area contributed by atoms with Gasteiger partial charge in [0, 0.05) is 32.3 Å². The monoisotopic (exact) mass is 282 g/mol. The lowest BCUT2D eigenvalue weighted by atomic mass is 9.93. The van der Waals surface area contributed by atoms with Gasteiger partial charge >= 0.3 is 0 Å². The molecule has 4 unspecified atom stereocenters. The van der Waals surface area contributed by atoms with Gasteiger partial charge < -0.3 is 10.5 Å². The molecule has 0 aromatic rings. The first-order valence-electron chi connectivity index (χ1n) is 8.77. The first kappa shape index (κ1) is 16.3. The van der Waals surface area contributed by atoms with E-state index >= 15 is 0 Å². The molecule has 3 nitrogen and oxygen atoms in total. The predicted octanol–water partition coefficient (Wildman–Crippen LogP) is 3.17. The Morgan fingerprint density at radius 2 is 2.00 bits per heavy atom. The molecule has 20 heavy (non-hydrogen) atoms. The molecule has 0 spiro atoms. The van der Waals surface area contributed by atoms with E-state index in [1.54, 1.807) is 0 Å². The largest absolute Gasteiger partial charge is 0.381 e. The molecule has 1 saturated carbocycles. The summed E-state index contributed by atoms with van der Waals surface area (Å²) in [5, 5.41) is 0. The molecule has 4 atom stereocenters. The zero-order valence-corrected chi connectivity index (χ0v) is 13.5. The minimum Gasteiger partial charge on any atom is -0.381 e. The van der Waals surface area contributed by atoms with E-state index in [0.29, 0.717) is 12.1 Å². The van der Waals surface area contributed by atoms with Crippen molar-refractivity contribution in [2.45, 2.75) is 82.9 Å². The molecule has 0 radical (unpaired) electrons. The van der Waals surface area contributed by atoms with Gasteiger partial charge in [-0.05, 0) is 38.0 Å². The topological polar surface area (TPSA) is 38.5 Å². The SMILES string of the molecule is CCCC1CCCC(N2CCC(OC)CC2CN)CC1. The smallest absolute Gasteiger partial charge is 0.0599 e. The van der Waals surface area contributed by atoms with Crippen molar-refractivity contribution in [3.63, 3.8) is 0 Å². The van der Waals surface area contributed by atoms with E-state index in [1.807, 2.05) is 7.11 Å². The van der Waals surface area contributed by atoms with Gasteiger partial charge in [-0.25, -0.2) is 0 Å². The van der Waals surface area contributed by atoms with Crippen LogP contribution in [0.3, 0.4) is 0 Å². The number of likely N-dealkylation sites (tertiary alicyclic amines) is 1. The van der Waals surface area contributed by atoms with E-state index in [9.17, 15) is 0 Å². The van der Waals surface area contributed by atoms with Gasteiger partial charge in [0.25, 0.3) is 0 Å². The lowest BCUT2D eigenvalue weighted by Gasteiger charge is -2.43. The highest BCUT2D eigenvalue weighted by Gasteiger charge is 2.33. The van der Waals surface area contributed by atoms with E-state index in [1.165, 1.54) is 57.9 Å². The van der Waals surface area contributed by atoms with E-state index in [2.05, 4.69) is 11.8 Å². The van der Waals surface area contributed by atoms with Crippen LogP contribution in [0.5, 0.6) is 0 Å². The molecular formula is C17H34N2O. The standard InChI is InChI=1S/C17H34N2O/c1-3-5-14-6-4-7-15(9-8-14)19-11-10-17(20-2)12-16(19)13-18/h14-17H,3-13,18H2,1-2H3. The molecule has 0 amide bonds. The molecule has 1 aliphatic carbocycles. The molecular weight excluding hydrogens is 248 g/mol. The summed E-state index contributed by atoms with van der Waals surface area (Å²) >= 11 is 0. The van der Waals surface area contributed by atoms with Crippen LogP contribution in [0.2, 0.25) is 0 Å². The number of rotatable bonds is 5. The third-order valence-corrected chi connectivity index (χ3v) is 5.54. The maximum atomic E-state index is 6.03. The number of nitrogens with two attached hydrogens (primary N) is 1. The maximum absolute atomic E-state index is 6.03. The second-order valence-electron chi connectivity index (χ2n) is 6.83.